The van der Waals surface area contributed by atoms with Crippen LogP contribution in [0.5, 0.6) is 17.2 Å². The van der Waals surface area contributed by atoms with Crippen LogP contribution in [0.4, 0.5) is 23.2 Å². The highest BCUT2D eigenvalue weighted by atomic mass is 19.4. The molecule has 5 rings (SSSR count). The minimum atomic E-state index is -4.34. The molecule has 204 valence electrons. The molecule has 1 aliphatic rings. The minimum absolute atomic E-state index is 0.0793. The highest BCUT2D eigenvalue weighted by Gasteiger charge is 2.27. The first-order chi connectivity index (χ1) is 18.6. The van der Waals surface area contributed by atoms with E-state index in [1.54, 1.807) is 22.8 Å². The zero-order valence-corrected chi connectivity index (χ0v) is 21.2. The molecule has 0 unspecified atom stereocenters. The van der Waals surface area contributed by atoms with Crippen LogP contribution < -0.4 is 20.1 Å². The van der Waals surface area contributed by atoms with Crippen molar-refractivity contribution >= 4 is 22.6 Å². The van der Waals surface area contributed by atoms with Crippen molar-refractivity contribution in [3.05, 3.63) is 71.8 Å². The van der Waals surface area contributed by atoms with E-state index in [2.05, 4.69) is 15.6 Å². The quantitative estimate of drug-likeness (QED) is 0.235. The van der Waals surface area contributed by atoms with Crippen LogP contribution >= 0.6 is 0 Å². The number of ether oxygens (including phenoxy) is 2. The summed E-state index contributed by atoms with van der Waals surface area (Å²) in [7, 11) is 1.41. The van der Waals surface area contributed by atoms with Gasteiger partial charge in [0.1, 0.15) is 23.3 Å². The number of methoxy groups -OCH3 is 1. The molecule has 3 aromatic carbocycles. The summed E-state index contributed by atoms with van der Waals surface area (Å²) in [6.07, 6.45) is -1.88. The van der Waals surface area contributed by atoms with E-state index >= 15 is 0 Å². The number of hydrogen-bond donors (Lipinski definition) is 2. The predicted molar refractivity (Wildman–Crippen MR) is 138 cm³/mol. The Morgan fingerprint density at radius 2 is 1.90 bits per heavy atom. The van der Waals surface area contributed by atoms with Crippen molar-refractivity contribution in [2.75, 3.05) is 19.0 Å². The summed E-state index contributed by atoms with van der Waals surface area (Å²) in [5.41, 5.74) is 3.23. The van der Waals surface area contributed by atoms with Gasteiger partial charge in [-0.2, -0.15) is 13.2 Å². The van der Waals surface area contributed by atoms with Crippen LogP contribution in [-0.2, 0) is 0 Å². The highest BCUT2D eigenvalue weighted by molar-refractivity contribution is 5.96. The summed E-state index contributed by atoms with van der Waals surface area (Å²) in [6, 6.07) is 12.8. The maximum atomic E-state index is 14.6. The third kappa shape index (κ3) is 6.08. The molecule has 11 heteroatoms. The number of rotatable bonds is 9. The maximum absolute atomic E-state index is 14.6. The Morgan fingerprint density at radius 1 is 1.10 bits per heavy atom. The summed E-state index contributed by atoms with van der Waals surface area (Å²) in [5.74, 6) is -0.368. The molecule has 7 nitrogen and oxygen atoms in total. The van der Waals surface area contributed by atoms with E-state index in [1.165, 1.54) is 37.7 Å². The monoisotopic (exact) mass is 542 g/mol. The average molecular weight is 543 g/mol. The fourth-order valence-corrected chi connectivity index (χ4v) is 4.19. The number of anilines is 1. The first kappa shape index (κ1) is 26.3. The number of benzene rings is 3. The molecule has 1 fully saturated rings. The molecule has 39 heavy (non-hydrogen) atoms. The van der Waals surface area contributed by atoms with Crippen molar-refractivity contribution in [3.8, 4) is 22.9 Å². The molecule has 0 atom stereocenters. The fourth-order valence-electron chi connectivity index (χ4n) is 4.19. The first-order valence-corrected chi connectivity index (χ1v) is 12.4. The molecule has 0 spiro atoms. The largest absolute Gasteiger partial charge is 0.497 e. The number of carbonyl (C=O) groups excluding carboxylic acids is 1. The number of nitrogens with zero attached hydrogens (tertiary/aromatic N) is 2. The third-order valence-corrected chi connectivity index (χ3v) is 6.36. The molecule has 2 N–H and O–H groups in total. The zero-order chi connectivity index (χ0) is 27.7. The topological polar surface area (TPSA) is 77.4 Å². The van der Waals surface area contributed by atoms with Crippen LogP contribution in [-0.4, -0.2) is 41.3 Å². The highest BCUT2D eigenvalue weighted by Crippen LogP contribution is 2.35. The SMILES string of the molecule is COc1ccc(Oc2cc(NCCC(F)(F)F)c3ncn(-c4ccc(C(=O)NC5CC5)c(C)c4)c3c2)c(F)c1. The summed E-state index contributed by atoms with van der Waals surface area (Å²) < 4.78 is 65.6. The van der Waals surface area contributed by atoms with Crippen LogP contribution in [0.15, 0.2) is 54.9 Å². The molecular weight excluding hydrogens is 516 g/mol. The summed E-state index contributed by atoms with van der Waals surface area (Å²) in [5, 5.41) is 5.76. The lowest BCUT2D eigenvalue weighted by molar-refractivity contribution is -0.131. The first-order valence-electron chi connectivity index (χ1n) is 12.4. The van der Waals surface area contributed by atoms with E-state index in [4.69, 9.17) is 9.47 Å². The average Bonchev–Trinajstić information content (AvgIpc) is 3.59. The Balaban J connectivity index is 1.51. The van der Waals surface area contributed by atoms with Crippen molar-refractivity contribution in [2.45, 2.75) is 38.4 Å². The van der Waals surface area contributed by atoms with Gasteiger partial charge >= 0.3 is 6.18 Å². The normalized spacial score (nSPS) is 13.4. The molecule has 4 aromatic rings. The number of imidazole rings is 1. The van der Waals surface area contributed by atoms with Gasteiger partial charge in [-0.05, 0) is 55.7 Å². The molecule has 1 heterocycles. The van der Waals surface area contributed by atoms with E-state index in [1.807, 2.05) is 13.0 Å². The van der Waals surface area contributed by atoms with E-state index in [0.717, 1.165) is 18.4 Å². The number of alkyl halides is 3. The lowest BCUT2D eigenvalue weighted by Gasteiger charge is -2.14. The Bertz CT molecular complexity index is 1530. The van der Waals surface area contributed by atoms with Crippen molar-refractivity contribution in [1.82, 2.24) is 14.9 Å². The van der Waals surface area contributed by atoms with Gasteiger partial charge in [-0.15, -0.1) is 0 Å². The fraction of sp³-hybridized carbons (Fsp3) is 0.286. The number of aromatic nitrogens is 2. The lowest BCUT2D eigenvalue weighted by Crippen LogP contribution is -2.26. The zero-order valence-electron chi connectivity index (χ0n) is 21.2. The molecule has 0 aliphatic heterocycles. The van der Waals surface area contributed by atoms with Gasteiger partial charge < -0.3 is 20.1 Å². The van der Waals surface area contributed by atoms with Crippen LogP contribution in [0.1, 0.15) is 35.2 Å². The van der Waals surface area contributed by atoms with Crippen LogP contribution in [0.2, 0.25) is 0 Å². The minimum Gasteiger partial charge on any atom is -0.497 e. The van der Waals surface area contributed by atoms with Gasteiger partial charge in [0.2, 0.25) is 0 Å². The van der Waals surface area contributed by atoms with E-state index in [9.17, 15) is 22.4 Å². The van der Waals surface area contributed by atoms with Crippen molar-refractivity contribution in [2.24, 2.45) is 0 Å². The number of hydrogen-bond acceptors (Lipinski definition) is 5. The smallest absolute Gasteiger partial charge is 0.390 e. The molecule has 0 radical (unpaired) electrons. The predicted octanol–water partition coefficient (Wildman–Crippen LogP) is 6.53. The third-order valence-electron chi connectivity index (χ3n) is 6.36. The molecule has 1 aromatic heterocycles. The molecule has 1 amide bonds. The number of aryl methyl sites for hydroxylation is 1. The second-order valence-electron chi connectivity index (χ2n) is 9.39. The second-order valence-corrected chi connectivity index (χ2v) is 9.39. The Kier molecular flexibility index (Phi) is 7.07. The lowest BCUT2D eigenvalue weighted by atomic mass is 10.1. The van der Waals surface area contributed by atoms with Gasteiger partial charge in [0.25, 0.3) is 5.91 Å². The Hall–Kier alpha value is -4.28. The van der Waals surface area contributed by atoms with Gasteiger partial charge in [-0.3, -0.25) is 9.36 Å². The van der Waals surface area contributed by atoms with E-state index in [0.29, 0.717) is 33.7 Å². The Labute approximate surface area is 221 Å². The molecular formula is C28H26F4N4O3. The standard InChI is InChI=1S/C28H26F4N4O3/c1-16-11-18(5-7-21(16)27(37)35-17-3-4-17)36-15-34-26-23(33-10-9-28(30,31)32)13-20(14-24(26)36)39-25-8-6-19(38-2)12-22(25)29/h5-8,11-15,17,33H,3-4,9-10H2,1-2H3,(H,35,37). The van der Waals surface area contributed by atoms with Crippen LogP contribution in [0, 0.1) is 12.7 Å². The van der Waals surface area contributed by atoms with Crippen molar-refractivity contribution < 1.29 is 31.8 Å². The number of fused-ring (bicyclic) bond motifs is 1. The van der Waals surface area contributed by atoms with Gasteiger partial charge in [-0.25, -0.2) is 9.37 Å². The maximum Gasteiger partial charge on any atom is 0.390 e. The summed E-state index contributed by atoms with van der Waals surface area (Å²) in [6.45, 7) is 1.45. The Morgan fingerprint density at radius 3 is 2.56 bits per heavy atom. The second kappa shape index (κ2) is 10.5. The molecule has 1 saturated carbocycles. The van der Waals surface area contributed by atoms with Crippen molar-refractivity contribution in [1.29, 1.82) is 0 Å². The molecule has 0 saturated heterocycles. The van der Waals surface area contributed by atoms with E-state index in [-0.39, 0.29) is 30.0 Å². The summed E-state index contributed by atoms with van der Waals surface area (Å²) in [4.78, 5) is 17.0. The van der Waals surface area contributed by atoms with Gasteiger partial charge in [0, 0.05) is 42.0 Å². The molecule has 1 aliphatic carbocycles. The number of amides is 1. The number of carbonyl (C=O) groups is 1. The van der Waals surface area contributed by atoms with Gasteiger partial charge in [0.05, 0.1) is 24.7 Å². The van der Waals surface area contributed by atoms with Crippen LogP contribution in [0.3, 0.4) is 0 Å². The molecule has 0 bridgehead atoms. The van der Waals surface area contributed by atoms with Crippen molar-refractivity contribution in [3.63, 3.8) is 0 Å². The summed E-state index contributed by atoms with van der Waals surface area (Å²) >= 11 is 0. The van der Waals surface area contributed by atoms with E-state index < -0.39 is 18.4 Å². The van der Waals surface area contributed by atoms with Gasteiger partial charge in [0.15, 0.2) is 11.6 Å². The van der Waals surface area contributed by atoms with Gasteiger partial charge in [-0.1, -0.05) is 0 Å². The number of halogens is 4. The van der Waals surface area contributed by atoms with Crippen LogP contribution in [0.25, 0.3) is 16.7 Å². The number of nitrogens with one attached hydrogen (secondary N) is 2.